The Morgan fingerprint density at radius 2 is 1.89 bits per heavy atom. The summed E-state index contributed by atoms with van der Waals surface area (Å²) in [6.45, 7) is 0.207. The van der Waals surface area contributed by atoms with Gasteiger partial charge in [0.1, 0.15) is 5.82 Å². The van der Waals surface area contributed by atoms with Crippen molar-refractivity contribution in [2.24, 2.45) is 0 Å². The lowest BCUT2D eigenvalue weighted by Gasteiger charge is -2.27. The molecule has 98 valence electrons. The fourth-order valence-corrected chi connectivity index (χ4v) is 3.43. The molecule has 0 atom stereocenters. The molecule has 2 fully saturated rings. The van der Waals surface area contributed by atoms with Crippen LogP contribution < -0.4 is 0 Å². The van der Waals surface area contributed by atoms with Crippen molar-refractivity contribution in [3.05, 3.63) is 35.1 Å². The standard InChI is InChI=1S/C16H21FO/c17-13-6-7-15(16(11-18)8-9-16)14(10-13)12-4-2-1-3-5-12/h6-7,10,12,18H,1-5,8-9,11H2. The number of hydrogen-bond donors (Lipinski definition) is 1. The van der Waals surface area contributed by atoms with Crippen LogP contribution in [0.3, 0.4) is 0 Å². The van der Waals surface area contributed by atoms with Crippen LogP contribution in [0.15, 0.2) is 18.2 Å². The van der Waals surface area contributed by atoms with E-state index in [9.17, 15) is 9.50 Å². The van der Waals surface area contributed by atoms with Crippen molar-refractivity contribution in [3.63, 3.8) is 0 Å². The fourth-order valence-electron chi connectivity index (χ4n) is 3.43. The summed E-state index contributed by atoms with van der Waals surface area (Å²) in [5.41, 5.74) is 2.36. The lowest BCUT2D eigenvalue weighted by molar-refractivity contribution is 0.253. The van der Waals surface area contributed by atoms with Crippen molar-refractivity contribution < 1.29 is 9.50 Å². The lowest BCUT2D eigenvalue weighted by Crippen LogP contribution is -2.17. The Morgan fingerprint density at radius 1 is 1.17 bits per heavy atom. The molecule has 1 aromatic rings. The fraction of sp³-hybridized carbons (Fsp3) is 0.625. The molecule has 2 aliphatic rings. The van der Waals surface area contributed by atoms with E-state index < -0.39 is 0 Å². The largest absolute Gasteiger partial charge is 0.395 e. The minimum atomic E-state index is -0.131. The van der Waals surface area contributed by atoms with E-state index >= 15 is 0 Å². The van der Waals surface area contributed by atoms with Gasteiger partial charge < -0.3 is 5.11 Å². The highest BCUT2D eigenvalue weighted by atomic mass is 19.1. The van der Waals surface area contributed by atoms with Crippen LogP contribution in [-0.4, -0.2) is 11.7 Å². The van der Waals surface area contributed by atoms with E-state index in [0.717, 1.165) is 12.8 Å². The molecule has 0 heterocycles. The summed E-state index contributed by atoms with van der Waals surface area (Å²) < 4.78 is 13.6. The van der Waals surface area contributed by atoms with Crippen LogP contribution in [0.4, 0.5) is 4.39 Å². The van der Waals surface area contributed by atoms with Crippen molar-refractivity contribution in [1.82, 2.24) is 0 Å². The van der Waals surface area contributed by atoms with Crippen LogP contribution >= 0.6 is 0 Å². The summed E-state index contributed by atoms with van der Waals surface area (Å²) in [7, 11) is 0. The minimum absolute atomic E-state index is 0.0412. The highest BCUT2D eigenvalue weighted by Gasteiger charge is 2.45. The smallest absolute Gasteiger partial charge is 0.123 e. The topological polar surface area (TPSA) is 20.2 Å². The number of aliphatic hydroxyl groups is 1. The summed E-state index contributed by atoms with van der Waals surface area (Å²) in [4.78, 5) is 0. The van der Waals surface area contributed by atoms with E-state index in [0.29, 0.717) is 5.92 Å². The third-order valence-corrected chi connectivity index (χ3v) is 4.79. The maximum atomic E-state index is 13.6. The van der Waals surface area contributed by atoms with E-state index in [2.05, 4.69) is 0 Å². The zero-order valence-electron chi connectivity index (χ0n) is 10.8. The maximum absolute atomic E-state index is 13.6. The highest BCUT2D eigenvalue weighted by Crippen LogP contribution is 2.51. The van der Waals surface area contributed by atoms with E-state index in [4.69, 9.17) is 0 Å². The first-order valence-corrected chi connectivity index (χ1v) is 7.16. The van der Waals surface area contributed by atoms with Gasteiger partial charge in [-0.3, -0.25) is 0 Å². The van der Waals surface area contributed by atoms with Crippen LogP contribution in [0.5, 0.6) is 0 Å². The molecule has 1 N–H and O–H groups in total. The molecule has 0 amide bonds. The zero-order valence-corrected chi connectivity index (χ0v) is 10.8. The van der Waals surface area contributed by atoms with E-state index in [-0.39, 0.29) is 17.8 Å². The van der Waals surface area contributed by atoms with Gasteiger partial charge in [-0.15, -0.1) is 0 Å². The molecule has 2 aliphatic carbocycles. The highest BCUT2D eigenvalue weighted by molar-refractivity contribution is 5.41. The average Bonchev–Trinajstić information content (AvgIpc) is 3.21. The van der Waals surface area contributed by atoms with Gasteiger partial charge in [0.25, 0.3) is 0 Å². The molecule has 0 aromatic heterocycles. The second-order valence-corrected chi connectivity index (χ2v) is 6.00. The van der Waals surface area contributed by atoms with Gasteiger partial charge in [0.2, 0.25) is 0 Å². The van der Waals surface area contributed by atoms with Crippen LogP contribution in [-0.2, 0) is 5.41 Å². The molecule has 2 saturated carbocycles. The number of rotatable bonds is 3. The summed E-state index contributed by atoms with van der Waals surface area (Å²) >= 11 is 0. The van der Waals surface area contributed by atoms with Crippen molar-refractivity contribution in [1.29, 1.82) is 0 Å². The van der Waals surface area contributed by atoms with Crippen molar-refractivity contribution in [2.75, 3.05) is 6.61 Å². The monoisotopic (exact) mass is 248 g/mol. The molecule has 0 unspecified atom stereocenters. The first-order valence-electron chi connectivity index (χ1n) is 7.16. The van der Waals surface area contributed by atoms with Gasteiger partial charge in [0.05, 0.1) is 6.61 Å². The van der Waals surface area contributed by atoms with Crippen molar-refractivity contribution >= 4 is 0 Å². The van der Waals surface area contributed by atoms with Crippen molar-refractivity contribution in [3.8, 4) is 0 Å². The molecular weight excluding hydrogens is 227 g/mol. The third kappa shape index (κ3) is 2.07. The number of halogens is 1. The van der Waals surface area contributed by atoms with Gasteiger partial charge in [0.15, 0.2) is 0 Å². The van der Waals surface area contributed by atoms with Crippen LogP contribution in [0.25, 0.3) is 0 Å². The van der Waals surface area contributed by atoms with Crippen LogP contribution in [0, 0.1) is 5.82 Å². The number of benzene rings is 1. The Labute approximate surface area is 108 Å². The quantitative estimate of drug-likeness (QED) is 0.860. The van der Waals surface area contributed by atoms with Gasteiger partial charge in [-0.25, -0.2) is 4.39 Å². The summed E-state index contributed by atoms with van der Waals surface area (Å²) in [6, 6.07) is 5.20. The molecule has 0 radical (unpaired) electrons. The first-order chi connectivity index (χ1) is 8.75. The predicted octanol–water partition coefficient (Wildman–Crippen LogP) is 3.90. The Hall–Kier alpha value is -0.890. The van der Waals surface area contributed by atoms with Gasteiger partial charge in [-0.05, 0) is 54.9 Å². The van der Waals surface area contributed by atoms with Crippen molar-refractivity contribution in [2.45, 2.75) is 56.3 Å². The third-order valence-electron chi connectivity index (χ3n) is 4.79. The second-order valence-electron chi connectivity index (χ2n) is 6.00. The predicted molar refractivity (Wildman–Crippen MR) is 70.2 cm³/mol. The Balaban J connectivity index is 1.98. The normalized spacial score (nSPS) is 23.0. The molecule has 2 heteroatoms. The Morgan fingerprint density at radius 3 is 2.50 bits per heavy atom. The molecule has 0 spiro atoms. The summed E-state index contributed by atoms with van der Waals surface area (Å²) in [6.07, 6.45) is 8.28. The molecule has 1 nitrogen and oxygen atoms in total. The molecule has 18 heavy (non-hydrogen) atoms. The van der Waals surface area contributed by atoms with E-state index in [1.165, 1.54) is 43.2 Å². The first kappa shape index (κ1) is 12.2. The van der Waals surface area contributed by atoms with Gasteiger partial charge in [0, 0.05) is 5.41 Å². The van der Waals surface area contributed by atoms with Gasteiger partial charge in [-0.1, -0.05) is 25.3 Å². The average molecular weight is 248 g/mol. The molecule has 1 aromatic carbocycles. The Kier molecular flexibility index (Phi) is 3.14. The van der Waals surface area contributed by atoms with E-state index in [1.54, 1.807) is 12.1 Å². The molecular formula is C16H21FO. The minimum Gasteiger partial charge on any atom is -0.395 e. The maximum Gasteiger partial charge on any atom is 0.123 e. The number of aliphatic hydroxyl groups excluding tert-OH is 1. The van der Waals surface area contributed by atoms with Gasteiger partial charge >= 0.3 is 0 Å². The molecule has 0 saturated heterocycles. The number of hydrogen-bond acceptors (Lipinski definition) is 1. The van der Waals surface area contributed by atoms with Gasteiger partial charge in [-0.2, -0.15) is 0 Å². The summed E-state index contributed by atoms with van der Waals surface area (Å²) in [5.74, 6) is 0.376. The second kappa shape index (κ2) is 4.65. The molecule has 0 aliphatic heterocycles. The van der Waals surface area contributed by atoms with Crippen LogP contribution in [0.1, 0.15) is 62.0 Å². The summed E-state index contributed by atoms with van der Waals surface area (Å²) in [5, 5.41) is 9.61. The Bertz CT molecular complexity index is 431. The zero-order chi connectivity index (χ0) is 12.6. The molecule has 0 bridgehead atoms. The van der Waals surface area contributed by atoms with Crippen LogP contribution in [0.2, 0.25) is 0 Å². The SMILES string of the molecule is OCC1(c2ccc(F)cc2C2CCCCC2)CC1. The van der Waals surface area contributed by atoms with E-state index in [1.807, 2.05) is 6.07 Å². The lowest BCUT2D eigenvalue weighted by atomic mass is 9.78. The molecule has 3 rings (SSSR count).